The molecule has 0 saturated heterocycles. The zero-order chi connectivity index (χ0) is 13.9. The van der Waals surface area contributed by atoms with Crippen molar-refractivity contribution in [3.63, 3.8) is 0 Å². The lowest BCUT2D eigenvalue weighted by Crippen LogP contribution is -2.14. The number of hydrogen-bond donors (Lipinski definition) is 0. The first-order valence-corrected chi connectivity index (χ1v) is 7.83. The molecule has 2 nitrogen and oxygen atoms in total. The first kappa shape index (κ1) is 14.2. The summed E-state index contributed by atoms with van der Waals surface area (Å²) >= 11 is 1.69. The Morgan fingerprint density at radius 3 is 2.53 bits per heavy atom. The summed E-state index contributed by atoms with van der Waals surface area (Å²) in [6.07, 6.45) is 3.17. The minimum Gasteiger partial charge on any atom is -0.250 e. The van der Waals surface area contributed by atoms with Gasteiger partial charge in [-0.25, -0.2) is 4.98 Å². The Morgan fingerprint density at radius 2 is 1.89 bits per heavy atom. The molecule has 0 radical (unpaired) electrons. The Labute approximate surface area is 119 Å². The Kier molecular flexibility index (Phi) is 4.35. The van der Waals surface area contributed by atoms with Crippen molar-refractivity contribution >= 4 is 11.3 Å². The van der Waals surface area contributed by atoms with Crippen molar-refractivity contribution in [2.75, 3.05) is 0 Å². The predicted octanol–water partition coefficient (Wildman–Crippen LogP) is 4.75. The molecule has 0 N–H and O–H groups in total. The van der Waals surface area contributed by atoms with E-state index in [1.165, 1.54) is 0 Å². The fourth-order valence-corrected chi connectivity index (χ4v) is 2.77. The second-order valence-electron chi connectivity index (χ2n) is 5.71. The SMILES string of the molecule is CCc1csc(-c2cccc(CC(C)(C)CC)n2)n1. The van der Waals surface area contributed by atoms with E-state index < -0.39 is 0 Å². The van der Waals surface area contributed by atoms with E-state index in [0.29, 0.717) is 5.41 Å². The average Bonchev–Trinajstić information content (AvgIpc) is 2.87. The molecule has 0 unspecified atom stereocenters. The summed E-state index contributed by atoms with van der Waals surface area (Å²) in [5.41, 5.74) is 3.64. The van der Waals surface area contributed by atoms with Crippen LogP contribution in [0.1, 0.15) is 45.5 Å². The fraction of sp³-hybridized carbons (Fsp3) is 0.500. The molecule has 19 heavy (non-hydrogen) atoms. The van der Waals surface area contributed by atoms with E-state index in [9.17, 15) is 0 Å². The van der Waals surface area contributed by atoms with E-state index in [-0.39, 0.29) is 0 Å². The molecule has 0 aromatic carbocycles. The van der Waals surface area contributed by atoms with Crippen molar-refractivity contribution in [3.8, 4) is 10.7 Å². The van der Waals surface area contributed by atoms with Gasteiger partial charge in [-0.3, -0.25) is 4.98 Å². The van der Waals surface area contributed by atoms with Crippen molar-refractivity contribution in [2.45, 2.75) is 47.0 Å². The molecule has 0 amide bonds. The minimum atomic E-state index is 0.309. The van der Waals surface area contributed by atoms with E-state index in [1.54, 1.807) is 11.3 Å². The maximum Gasteiger partial charge on any atom is 0.142 e. The number of pyridine rings is 1. The molecule has 0 fully saturated rings. The van der Waals surface area contributed by atoms with Gasteiger partial charge in [0.15, 0.2) is 0 Å². The van der Waals surface area contributed by atoms with Crippen LogP contribution in [0.3, 0.4) is 0 Å². The summed E-state index contributed by atoms with van der Waals surface area (Å²) in [5.74, 6) is 0. The highest BCUT2D eigenvalue weighted by Crippen LogP contribution is 2.27. The number of thiazole rings is 1. The van der Waals surface area contributed by atoms with E-state index in [1.807, 2.05) is 0 Å². The molecule has 0 aliphatic rings. The van der Waals surface area contributed by atoms with E-state index in [2.05, 4.69) is 56.3 Å². The first-order chi connectivity index (χ1) is 9.04. The van der Waals surface area contributed by atoms with Gasteiger partial charge in [0.25, 0.3) is 0 Å². The molecule has 0 bridgehead atoms. The average molecular weight is 274 g/mol. The molecule has 0 saturated carbocycles. The van der Waals surface area contributed by atoms with Crippen LogP contribution in [-0.4, -0.2) is 9.97 Å². The monoisotopic (exact) mass is 274 g/mol. The van der Waals surface area contributed by atoms with Crippen LogP contribution in [-0.2, 0) is 12.8 Å². The lowest BCUT2D eigenvalue weighted by Gasteiger charge is -2.21. The van der Waals surface area contributed by atoms with Gasteiger partial charge in [0, 0.05) is 11.1 Å². The second kappa shape index (κ2) is 5.83. The van der Waals surface area contributed by atoms with Crippen LogP contribution in [0, 0.1) is 5.41 Å². The zero-order valence-corrected chi connectivity index (χ0v) is 13.0. The molecule has 0 atom stereocenters. The molecule has 2 heterocycles. The highest BCUT2D eigenvalue weighted by atomic mass is 32.1. The van der Waals surface area contributed by atoms with Gasteiger partial charge in [-0.2, -0.15) is 0 Å². The Balaban J connectivity index is 2.24. The van der Waals surface area contributed by atoms with Gasteiger partial charge >= 0.3 is 0 Å². The maximum atomic E-state index is 4.77. The van der Waals surface area contributed by atoms with Crippen molar-refractivity contribution in [3.05, 3.63) is 35.0 Å². The van der Waals surface area contributed by atoms with Gasteiger partial charge in [-0.1, -0.05) is 40.2 Å². The third kappa shape index (κ3) is 3.63. The topological polar surface area (TPSA) is 25.8 Å². The highest BCUT2D eigenvalue weighted by Gasteiger charge is 2.17. The number of rotatable bonds is 5. The quantitative estimate of drug-likeness (QED) is 0.786. The van der Waals surface area contributed by atoms with Crippen LogP contribution in [0.15, 0.2) is 23.6 Å². The van der Waals surface area contributed by atoms with Crippen LogP contribution < -0.4 is 0 Å². The Bertz CT molecular complexity index is 543. The minimum absolute atomic E-state index is 0.309. The first-order valence-electron chi connectivity index (χ1n) is 6.95. The van der Waals surface area contributed by atoms with Crippen molar-refractivity contribution in [1.29, 1.82) is 0 Å². The van der Waals surface area contributed by atoms with Crippen LogP contribution >= 0.6 is 11.3 Å². The molecular formula is C16H22N2S. The van der Waals surface area contributed by atoms with Gasteiger partial charge in [0.05, 0.1) is 11.4 Å². The van der Waals surface area contributed by atoms with Crippen molar-refractivity contribution in [1.82, 2.24) is 9.97 Å². The number of aromatic nitrogens is 2. The molecule has 3 heteroatoms. The van der Waals surface area contributed by atoms with E-state index >= 15 is 0 Å². The molecule has 0 spiro atoms. The van der Waals surface area contributed by atoms with Crippen LogP contribution in [0.25, 0.3) is 10.7 Å². The molecule has 0 aliphatic carbocycles. The van der Waals surface area contributed by atoms with Crippen LogP contribution in [0.5, 0.6) is 0 Å². The second-order valence-corrected chi connectivity index (χ2v) is 6.56. The standard InChI is InChI=1S/C16H22N2S/c1-5-12-11-19-15(18-12)14-9-7-8-13(17-14)10-16(3,4)6-2/h7-9,11H,5-6,10H2,1-4H3. The largest absolute Gasteiger partial charge is 0.250 e. The summed E-state index contributed by atoms with van der Waals surface area (Å²) in [7, 11) is 0. The van der Waals surface area contributed by atoms with Gasteiger partial charge in [0.1, 0.15) is 5.01 Å². The van der Waals surface area contributed by atoms with E-state index in [0.717, 1.165) is 41.4 Å². The lowest BCUT2D eigenvalue weighted by atomic mass is 9.85. The normalized spacial score (nSPS) is 11.8. The Hall–Kier alpha value is -1.22. The van der Waals surface area contributed by atoms with Crippen LogP contribution in [0.2, 0.25) is 0 Å². The zero-order valence-electron chi connectivity index (χ0n) is 12.2. The van der Waals surface area contributed by atoms with Crippen molar-refractivity contribution < 1.29 is 0 Å². The highest BCUT2D eigenvalue weighted by molar-refractivity contribution is 7.13. The molecular weight excluding hydrogens is 252 g/mol. The smallest absolute Gasteiger partial charge is 0.142 e. The Morgan fingerprint density at radius 1 is 1.11 bits per heavy atom. The molecule has 2 aromatic rings. The van der Waals surface area contributed by atoms with Gasteiger partial charge in [-0.05, 0) is 30.4 Å². The number of hydrogen-bond acceptors (Lipinski definition) is 3. The fourth-order valence-electron chi connectivity index (χ4n) is 1.90. The van der Waals surface area contributed by atoms with Gasteiger partial charge in [-0.15, -0.1) is 11.3 Å². The summed E-state index contributed by atoms with van der Waals surface area (Å²) in [4.78, 5) is 9.38. The number of nitrogens with zero attached hydrogens (tertiary/aromatic N) is 2. The summed E-state index contributed by atoms with van der Waals surface area (Å²) in [6, 6.07) is 6.27. The molecule has 102 valence electrons. The summed E-state index contributed by atoms with van der Waals surface area (Å²) in [5, 5.41) is 3.16. The lowest BCUT2D eigenvalue weighted by molar-refractivity contribution is 0.345. The van der Waals surface area contributed by atoms with Crippen molar-refractivity contribution in [2.24, 2.45) is 5.41 Å². The molecule has 2 rings (SSSR count). The van der Waals surface area contributed by atoms with Gasteiger partial charge in [0.2, 0.25) is 0 Å². The number of aryl methyl sites for hydroxylation is 1. The van der Waals surface area contributed by atoms with Gasteiger partial charge < -0.3 is 0 Å². The predicted molar refractivity (Wildman–Crippen MR) is 82.5 cm³/mol. The summed E-state index contributed by atoms with van der Waals surface area (Å²) < 4.78 is 0. The summed E-state index contributed by atoms with van der Waals surface area (Å²) in [6.45, 7) is 8.95. The van der Waals surface area contributed by atoms with E-state index in [4.69, 9.17) is 4.98 Å². The third-order valence-electron chi connectivity index (χ3n) is 3.56. The maximum absolute atomic E-state index is 4.77. The van der Waals surface area contributed by atoms with Crippen LogP contribution in [0.4, 0.5) is 0 Å². The molecule has 2 aromatic heterocycles. The third-order valence-corrected chi connectivity index (χ3v) is 4.47. The molecule has 0 aliphatic heterocycles.